The van der Waals surface area contributed by atoms with Crippen LogP contribution >= 0.6 is 11.6 Å². The van der Waals surface area contributed by atoms with Gasteiger partial charge in [0.15, 0.2) is 0 Å². The summed E-state index contributed by atoms with van der Waals surface area (Å²) in [4.78, 5) is 13.4. The van der Waals surface area contributed by atoms with Gasteiger partial charge in [-0.15, -0.1) is 0 Å². The standard InChI is InChI=1S/C13H18ClFN2O2/c1-13(2,19)8-17(3)7-12(18)16-11-5-4-9(15)6-10(11)14/h4-6,19H,7-8H2,1-3H3,(H,16,18). The summed E-state index contributed by atoms with van der Waals surface area (Å²) in [5.41, 5.74) is -0.507. The number of anilines is 1. The summed E-state index contributed by atoms with van der Waals surface area (Å²) in [7, 11) is 1.73. The number of benzene rings is 1. The Bertz CT molecular complexity index is 460. The lowest BCUT2D eigenvalue weighted by Crippen LogP contribution is -2.40. The van der Waals surface area contributed by atoms with Crippen LogP contribution in [-0.2, 0) is 4.79 Å². The van der Waals surface area contributed by atoms with Crippen LogP contribution in [-0.4, -0.2) is 41.7 Å². The van der Waals surface area contributed by atoms with E-state index in [9.17, 15) is 14.3 Å². The third-order valence-electron chi connectivity index (χ3n) is 2.28. The van der Waals surface area contributed by atoms with Crippen molar-refractivity contribution in [2.75, 3.05) is 25.5 Å². The molecule has 0 saturated heterocycles. The first-order chi connectivity index (χ1) is 8.67. The smallest absolute Gasteiger partial charge is 0.238 e. The molecular formula is C13H18ClFN2O2. The summed E-state index contributed by atoms with van der Waals surface area (Å²) in [6, 6.07) is 3.77. The lowest BCUT2D eigenvalue weighted by Gasteiger charge is -2.24. The monoisotopic (exact) mass is 288 g/mol. The molecule has 0 aliphatic rings. The van der Waals surface area contributed by atoms with Crippen molar-refractivity contribution in [1.29, 1.82) is 0 Å². The molecule has 0 fully saturated rings. The Balaban J connectivity index is 2.56. The molecule has 0 saturated carbocycles. The molecule has 0 aliphatic carbocycles. The third kappa shape index (κ3) is 6.00. The van der Waals surface area contributed by atoms with Gasteiger partial charge in [-0.2, -0.15) is 0 Å². The van der Waals surface area contributed by atoms with Crippen LogP contribution in [0.2, 0.25) is 5.02 Å². The Morgan fingerprint density at radius 2 is 2.16 bits per heavy atom. The first-order valence-electron chi connectivity index (χ1n) is 5.83. The van der Waals surface area contributed by atoms with Gasteiger partial charge in [0.1, 0.15) is 5.82 Å². The zero-order chi connectivity index (χ0) is 14.6. The van der Waals surface area contributed by atoms with Gasteiger partial charge in [0.05, 0.1) is 22.9 Å². The Morgan fingerprint density at radius 1 is 1.53 bits per heavy atom. The molecule has 0 unspecified atom stereocenters. The molecule has 0 atom stereocenters. The van der Waals surface area contributed by atoms with Crippen molar-refractivity contribution in [1.82, 2.24) is 4.90 Å². The van der Waals surface area contributed by atoms with E-state index >= 15 is 0 Å². The number of likely N-dealkylation sites (N-methyl/N-ethyl adjacent to an activating group) is 1. The topological polar surface area (TPSA) is 52.6 Å². The van der Waals surface area contributed by atoms with Crippen LogP contribution in [0, 0.1) is 5.82 Å². The van der Waals surface area contributed by atoms with Crippen LogP contribution < -0.4 is 5.32 Å². The Labute approximate surface area is 117 Å². The molecular weight excluding hydrogens is 271 g/mol. The normalized spacial score (nSPS) is 11.7. The van der Waals surface area contributed by atoms with Gasteiger partial charge in [0, 0.05) is 6.54 Å². The minimum Gasteiger partial charge on any atom is -0.389 e. The van der Waals surface area contributed by atoms with E-state index < -0.39 is 11.4 Å². The second kappa shape index (κ2) is 6.32. The fourth-order valence-corrected chi connectivity index (χ4v) is 1.96. The minimum atomic E-state index is -0.872. The fraction of sp³-hybridized carbons (Fsp3) is 0.462. The average molecular weight is 289 g/mol. The number of carbonyl (C=O) groups excluding carboxylic acids is 1. The summed E-state index contributed by atoms with van der Waals surface area (Å²) in [6.07, 6.45) is 0. The van der Waals surface area contributed by atoms with E-state index in [-0.39, 0.29) is 17.5 Å². The molecule has 19 heavy (non-hydrogen) atoms. The number of carbonyl (C=O) groups is 1. The predicted octanol–water partition coefficient (Wildman–Crippen LogP) is 2.12. The maximum Gasteiger partial charge on any atom is 0.238 e. The third-order valence-corrected chi connectivity index (χ3v) is 2.59. The van der Waals surface area contributed by atoms with Gasteiger partial charge in [0.2, 0.25) is 5.91 Å². The average Bonchev–Trinajstić information content (AvgIpc) is 2.19. The van der Waals surface area contributed by atoms with Crippen LogP contribution in [0.4, 0.5) is 10.1 Å². The highest BCUT2D eigenvalue weighted by Gasteiger charge is 2.17. The van der Waals surface area contributed by atoms with Crippen LogP contribution in [0.15, 0.2) is 18.2 Å². The van der Waals surface area contributed by atoms with Gasteiger partial charge in [-0.05, 0) is 39.1 Å². The molecule has 0 spiro atoms. The molecule has 1 rings (SSSR count). The van der Waals surface area contributed by atoms with E-state index in [4.69, 9.17) is 11.6 Å². The number of hydrogen-bond acceptors (Lipinski definition) is 3. The zero-order valence-corrected chi connectivity index (χ0v) is 12.0. The SMILES string of the molecule is CN(CC(=O)Nc1ccc(F)cc1Cl)CC(C)(C)O. The van der Waals surface area contributed by atoms with E-state index in [1.54, 1.807) is 25.8 Å². The molecule has 2 N–H and O–H groups in total. The van der Waals surface area contributed by atoms with E-state index in [0.717, 1.165) is 6.07 Å². The van der Waals surface area contributed by atoms with Crippen LogP contribution in [0.25, 0.3) is 0 Å². The number of nitrogens with one attached hydrogen (secondary N) is 1. The first kappa shape index (κ1) is 15.9. The molecule has 4 nitrogen and oxygen atoms in total. The van der Waals surface area contributed by atoms with Crippen LogP contribution in [0.3, 0.4) is 0 Å². The molecule has 0 aliphatic heterocycles. The summed E-state index contributed by atoms with van der Waals surface area (Å²) < 4.78 is 12.8. The molecule has 6 heteroatoms. The quantitative estimate of drug-likeness (QED) is 0.873. The van der Waals surface area contributed by atoms with E-state index in [0.29, 0.717) is 12.2 Å². The van der Waals surface area contributed by atoms with Gasteiger partial charge in [-0.3, -0.25) is 9.69 Å². The zero-order valence-electron chi connectivity index (χ0n) is 11.2. The van der Waals surface area contributed by atoms with Crippen molar-refractivity contribution in [3.63, 3.8) is 0 Å². The van der Waals surface area contributed by atoms with Crippen molar-refractivity contribution in [3.8, 4) is 0 Å². The minimum absolute atomic E-state index is 0.109. The van der Waals surface area contributed by atoms with E-state index in [1.165, 1.54) is 12.1 Å². The second-order valence-electron chi connectivity index (χ2n) is 5.16. The Morgan fingerprint density at radius 3 is 2.68 bits per heavy atom. The summed E-state index contributed by atoms with van der Waals surface area (Å²) >= 11 is 5.81. The highest BCUT2D eigenvalue weighted by Crippen LogP contribution is 2.22. The van der Waals surface area contributed by atoms with Crippen molar-refractivity contribution in [2.24, 2.45) is 0 Å². The number of aliphatic hydroxyl groups is 1. The number of rotatable bonds is 5. The summed E-state index contributed by atoms with van der Waals surface area (Å²) in [5, 5.41) is 12.4. The summed E-state index contributed by atoms with van der Waals surface area (Å²) in [6.45, 7) is 3.80. The molecule has 0 aromatic heterocycles. The highest BCUT2D eigenvalue weighted by atomic mass is 35.5. The van der Waals surface area contributed by atoms with Gasteiger partial charge in [-0.25, -0.2) is 4.39 Å². The van der Waals surface area contributed by atoms with Crippen molar-refractivity contribution in [2.45, 2.75) is 19.4 Å². The highest BCUT2D eigenvalue weighted by molar-refractivity contribution is 6.33. The van der Waals surface area contributed by atoms with Crippen LogP contribution in [0.1, 0.15) is 13.8 Å². The first-order valence-corrected chi connectivity index (χ1v) is 6.21. The predicted molar refractivity (Wildman–Crippen MR) is 73.8 cm³/mol. The van der Waals surface area contributed by atoms with Crippen LogP contribution in [0.5, 0.6) is 0 Å². The number of nitrogens with zero attached hydrogens (tertiary/aromatic N) is 1. The van der Waals surface area contributed by atoms with E-state index in [2.05, 4.69) is 5.32 Å². The maximum absolute atomic E-state index is 12.8. The fourth-order valence-electron chi connectivity index (χ4n) is 1.74. The van der Waals surface area contributed by atoms with Crippen molar-refractivity contribution >= 4 is 23.2 Å². The Hall–Kier alpha value is -1.17. The molecule has 1 aromatic rings. The maximum atomic E-state index is 12.8. The Kier molecular flexibility index (Phi) is 5.29. The summed E-state index contributed by atoms with van der Waals surface area (Å²) in [5.74, 6) is -0.734. The van der Waals surface area contributed by atoms with Crippen molar-refractivity contribution < 1.29 is 14.3 Å². The number of amides is 1. The van der Waals surface area contributed by atoms with E-state index in [1.807, 2.05) is 0 Å². The van der Waals surface area contributed by atoms with Gasteiger partial charge in [-0.1, -0.05) is 11.6 Å². The second-order valence-corrected chi connectivity index (χ2v) is 5.56. The molecule has 1 aromatic carbocycles. The molecule has 0 heterocycles. The number of hydrogen-bond donors (Lipinski definition) is 2. The largest absolute Gasteiger partial charge is 0.389 e. The molecule has 0 bridgehead atoms. The lowest BCUT2D eigenvalue weighted by atomic mass is 10.1. The van der Waals surface area contributed by atoms with Crippen molar-refractivity contribution in [3.05, 3.63) is 29.0 Å². The van der Waals surface area contributed by atoms with Gasteiger partial charge in [0.25, 0.3) is 0 Å². The molecule has 1 amide bonds. The number of halogens is 2. The van der Waals surface area contributed by atoms with Gasteiger partial charge < -0.3 is 10.4 Å². The molecule has 106 valence electrons. The lowest BCUT2D eigenvalue weighted by molar-refractivity contribution is -0.117. The van der Waals surface area contributed by atoms with Gasteiger partial charge >= 0.3 is 0 Å². The molecule has 0 radical (unpaired) electrons.